The van der Waals surface area contributed by atoms with Crippen molar-refractivity contribution < 1.29 is 9.59 Å². The maximum Gasteiger partial charge on any atom is 0.324 e. The molecule has 0 unspecified atom stereocenters. The molecule has 2 aliphatic rings. The molecule has 0 aromatic heterocycles. The van der Waals surface area contributed by atoms with Crippen LogP contribution >= 0.6 is 0 Å². The molecule has 1 aliphatic carbocycles. The number of urea groups is 1. The molecule has 1 saturated carbocycles. The second kappa shape index (κ2) is 3.09. The Morgan fingerprint density at radius 3 is 2.53 bits per heavy atom. The van der Waals surface area contributed by atoms with Crippen LogP contribution in [0.25, 0.3) is 0 Å². The van der Waals surface area contributed by atoms with Gasteiger partial charge in [0.15, 0.2) is 5.78 Å². The minimum atomic E-state index is -0.564. The zero-order valence-electron chi connectivity index (χ0n) is 9.93. The van der Waals surface area contributed by atoms with Gasteiger partial charge >= 0.3 is 6.03 Å². The number of para-hydroxylation sites is 1. The molecule has 1 aromatic carbocycles. The van der Waals surface area contributed by atoms with Gasteiger partial charge in [-0.05, 0) is 25.0 Å². The molecular formula is C13H14N2O2. The topological polar surface area (TPSA) is 40.6 Å². The Morgan fingerprint density at radius 2 is 1.94 bits per heavy atom. The highest BCUT2D eigenvalue weighted by Gasteiger charge is 2.62. The predicted octanol–water partition coefficient (Wildman–Crippen LogP) is 1.90. The van der Waals surface area contributed by atoms with Crippen molar-refractivity contribution in [3.8, 4) is 0 Å². The summed E-state index contributed by atoms with van der Waals surface area (Å²) in [7, 11) is 3.42. The van der Waals surface area contributed by atoms with Crippen LogP contribution in [0.2, 0.25) is 0 Å². The maximum atomic E-state index is 12.3. The van der Waals surface area contributed by atoms with E-state index < -0.39 is 5.54 Å². The van der Waals surface area contributed by atoms with Gasteiger partial charge in [-0.15, -0.1) is 0 Å². The molecule has 17 heavy (non-hydrogen) atoms. The van der Waals surface area contributed by atoms with Crippen molar-refractivity contribution in [2.45, 2.75) is 18.4 Å². The van der Waals surface area contributed by atoms with E-state index in [-0.39, 0.29) is 11.8 Å². The summed E-state index contributed by atoms with van der Waals surface area (Å²) in [5.41, 5.74) is 0.874. The Hall–Kier alpha value is -1.84. The average Bonchev–Trinajstić information content (AvgIpc) is 3.05. The molecule has 1 fully saturated rings. The fourth-order valence-electron chi connectivity index (χ4n) is 2.50. The Labute approximate surface area is 99.8 Å². The van der Waals surface area contributed by atoms with E-state index in [4.69, 9.17) is 0 Å². The van der Waals surface area contributed by atoms with Gasteiger partial charge in [-0.3, -0.25) is 9.69 Å². The average molecular weight is 230 g/mol. The Bertz CT molecular complexity index is 518. The number of hydrogen-bond acceptors (Lipinski definition) is 2. The first-order valence-electron chi connectivity index (χ1n) is 5.73. The smallest absolute Gasteiger partial charge is 0.324 e. The van der Waals surface area contributed by atoms with E-state index in [0.29, 0.717) is 5.56 Å². The van der Waals surface area contributed by atoms with Gasteiger partial charge in [-0.2, -0.15) is 0 Å². The number of benzene rings is 1. The zero-order valence-corrected chi connectivity index (χ0v) is 9.93. The van der Waals surface area contributed by atoms with Gasteiger partial charge in [0.05, 0.1) is 5.69 Å². The Balaban J connectivity index is 2.14. The first-order chi connectivity index (χ1) is 8.08. The van der Waals surface area contributed by atoms with Gasteiger partial charge in [-0.25, -0.2) is 4.79 Å². The summed E-state index contributed by atoms with van der Waals surface area (Å²) in [6, 6.07) is 7.25. The molecule has 1 aromatic rings. The van der Waals surface area contributed by atoms with E-state index >= 15 is 0 Å². The number of ketones is 1. The molecule has 4 heteroatoms. The molecular weight excluding hydrogens is 216 g/mol. The lowest BCUT2D eigenvalue weighted by Crippen LogP contribution is -2.47. The molecule has 1 heterocycles. The van der Waals surface area contributed by atoms with Crippen LogP contribution in [0.4, 0.5) is 10.5 Å². The number of Topliss-reactive ketones (excluding diaryl/α,β-unsaturated/α-hetero) is 1. The third kappa shape index (κ3) is 1.18. The second-order valence-electron chi connectivity index (χ2n) is 4.89. The highest BCUT2D eigenvalue weighted by molar-refractivity contribution is 6.21. The first-order valence-corrected chi connectivity index (χ1v) is 5.73. The Kier molecular flexibility index (Phi) is 1.88. The third-order valence-electron chi connectivity index (χ3n) is 3.54. The Morgan fingerprint density at radius 1 is 1.29 bits per heavy atom. The van der Waals surface area contributed by atoms with Gasteiger partial charge < -0.3 is 4.90 Å². The van der Waals surface area contributed by atoms with Crippen LogP contribution in [-0.2, 0) is 0 Å². The van der Waals surface area contributed by atoms with Gasteiger partial charge in [0.1, 0.15) is 5.54 Å². The normalized spacial score (nSPS) is 19.4. The summed E-state index contributed by atoms with van der Waals surface area (Å²) >= 11 is 0. The van der Waals surface area contributed by atoms with Crippen LogP contribution in [0, 0.1) is 0 Å². The molecule has 1 spiro atoms. The molecule has 4 nitrogen and oxygen atoms in total. The standard InChI is InChI=1S/C13H14N2O2/c1-14(2)12(17)15-10-6-4-3-5-9(10)11(16)13(15)7-8-13/h3-6H,7-8H2,1-2H3. The molecule has 0 radical (unpaired) electrons. The van der Waals surface area contributed by atoms with E-state index in [2.05, 4.69) is 0 Å². The summed E-state index contributed by atoms with van der Waals surface area (Å²) in [5, 5.41) is 0. The second-order valence-corrected chi connectivity index (χ2v) is 4.89. The van der Waals surface area contributed by atoms with Crippen molar-refractivity contribution in [2.75, 3.05) is 19.0 Å². The fourth-order valence-corrected chi connectivity index (χ4v) is 2.50. The number of nitrogens with zero attached hydrogens (tertiary/aromatic N) is 2. The van der Waals surface area contributed by atoms with Gasteiger partial charge in [0.2, 0.25) is 0 Å². The van der Waals surface area contributed by atoms with Crippen molar-refractivity contribution in [1.29, 1.82) is 0 Å². The van der Waals surface area contributed by atoms with Crippen molar-refractivity contribution in [3.05, 3.63) is 29.8 Å². The van der Waals surface area contributed by atoms with E-state index in [0.717, 1.165) is 18.5 Å². The van der Waals surface area contributed by atoms with Crippen molar-refractivity contribution in [2.24, 2.45) is 0 Å². The van der Waals surface area contributed by atoms with Crippen molar-refractivity contribution in [1.82, 2.24) is 4.90 Å². The summed E-state index contributed by atoms with van der Waals surface area (Å²) in [5.74, 6) is 0.100. The quantitative estimate of drug-likeness (QED) is 0.683. The monoisotopic (exact) mass is 230 g/mol. The number of fused-ring (bicyclic) bond motifs is 1. The van der Waals surface area contributed by atoms with Gasteiger partial charge in [0.25, 0.3) is 0 Å². The number of carbonyl (C=O) groups is 2. The highest BCUT2D eigenvalue weighted by atomic mass is 16.2. The summed E-state index contributed by atoms with van der Waals surface area (Å²) < 4.78 is 0. The molecule has 2 amide bonds. The zero-order chi connectivity index (χ0) is 12.2. The fraction of sp³-hybridized carbons (Fsp3) is 0.385. The molecule has 3 rings (SSSR count). The largest absolute Gasteiger partial charge is 0.330 e. The molecule has 0 saturated heterocycles. The van der Waals surface area contributed by atoms with Crippen LogP contribution in [-0.4, -0.2) is 36.3 Å². The minimum Gasteiger partial charge on any atom is -0.330 e. The lowest BCUT2D eigenvalue weighted by molar-refractivity contribution is 0.0958. The minimum absolute atomic E-state index is 0.100. The number of carbonyl (C=O) groups excluding carboxylic acids is 2. The van der Waals surface area contributed by atoms with Gasteiger partial charge in [-0.1, -0.05) is 12.1 Å². The lowest BCUT2D eigenvalue weighted by atomic mass is 10.1. The maximum absolute atomic E-state index is 12.3. The van der Waals surface area contributed by atoms with Crippen molar-refractivity contribution >= 4 is 17.5 Å². The van der Waals surface area contributed by atoms with Crippen LogP contribution in [0.15, 0.2) is 24.3 Å². The predicted molar refractivity (Wildman–Crippen MR) is 64.3 cm³/mol. The lowest BCUT2D eigenvalue weighted by Gasteiger charge is -2.27. The number of hydrogen-bond donors (Lipinski definition) is 0. The van der Waals surface area contributed by atoms with Crippen LogP contribution in [0.3, 0.4) is 0 Å². The summed E-state index contributed by atoms with van der Waals surface area (Å²) in [6.45, 7) is 0. The van der Waals surface area contributed by atoms with Crippen LogP contribution in [0.5, 0.6) is 0 Å². The molecule has 0 N–H and O–H groups in total. The molecule has 1 aliphatic heterocycles. The van der Waals surface area contributed by atoms with E-state index in [1.54, 1.807) is 25.1 Å². The van der Waals surface area contributed by atoms with Crippen LogP contribution < -0.4 is 4.90 Å². The first kappa shape index (κ1) is 10.3. The van der Waals surface area contributed by atoms with Crippen LogP contribution in [0.1, 0.15) is 23.2 Å². The highest BCUT2D eigenvalue weighted by Crippen LogP contribution is 2.53. The number of rotatable bonds is 0. The number of amides is 2. The molecule has 0 bridgehead atoms. The van der Waals surface area contributed by atoms with Gasteiger partial charge in [0, 0.05) is 19.7 Å². The molecule has 88 valence electrons. The third-order valence-corrected chi connectivity index (χ3v) is 3.54. The molecule has 0 atom stereocenters. The summed E-state index contributed by atoms with van der Waals surface area (Å²) in [6.07, 6.45) is 1.56. The van der Waals surface area contributed by atoms with E-state index in [1.807, 2.05) is 18.2 Å². The SMILES string of the molecule is CN(C)C(=O)N1c2ccccc2C(=O)C12CC2. The van der Waals surface area contributed by atoms with E-state index in [9.17, 15) is 9.59 Å². The van der Waals surface area contributed by atoms with Crippen molar-refractivity contribution in [3.63, 3.8) is 0 Å². The number of anilines is 1. The van der Waals surface area contributed by atoms with E-state index in [1.165, 1.54) is 4.90 Å². The summed E-state index contributed by atoms with van der Waals surface area (Å²) in [4.78, 5) is 27.7.